The maximum atomic E-state index is 5.95. The first kappa shape index (κ1) is 12.8. The highest BCUT2D eigenvalue weighted by atomic mass is 35.5. The average Bonchev–Trinajstić information content (AvgIpc) is 2.91. The van der Waals surface area contributed by atoms with Gasteiger partial charge in [-0.05, 0) is 31.5 Å². The standard InChI is InChI=1S/C12H11ClN4S2/c1-6-5-18-9(15-6)4-14-10-8-3-7(2)19-11(8)17-12(13)16-10/h3,5H,4H2,1-2H3,(H,14,16,17). The van der Waals surface area contributed by atoms with E-state index in [9.17, 15) is 0 Å². The Bertz CT molecular complexity index is 734. The molecule has 0 aliphatic rings. The third kappa shape index (κ3) is 2.70. The molecule has 98 valence electrons. The Labute approximate surface area is 123 Å². The molecule has 0 radical (unpaired) electrons. The van der Waals surface area contributed by atoms with Crippen molar-refractivity contribution in [1.82, 2.24) is 15.0 Å². The molecule has 0 saturated heterocycles. The number of nitrogens with one attached hydrogen (secondary N) is 1. The number of rotatable bonds is 3. The van der Waals surface area contributed by atoms with Crippen LogP contribution in [0.25, 0.3) is 10.2 Å². The van der Waals surface area contributed by atoms with Crippen molar-refractivity contribution >= 4 is 50.3 Å². The van der Waals surface area contributed by atoms with Crippen molar-refractivity contribution in [3.05, 3.63) is 32.3 Å². The van der Waals surface area contributed by atoms with Crippen LogP contribution < -0.4 is 5.32 Å². The maximum Gasteiger partial charge on any atom is 0.225 e. The fraction of sp³-hybridized carbons (Fsp3) is 0.250. The number of halogens is 1. The van der Waals surface area contributed by atoms with E-state index in [-0.39, 0.29) is 5.28 Å². The van der Waals surface area contributed by atoms with Crippen LogP contribution in [0.1, 0.15) is 15.6 Å². The molecule has 3 aromatic heterocycles. The highest BCUT2D eigenvalue weighted by Gasteiger charge is 2.10. The van der Waals surface area contributed by atoms with Crippen LogP contribution in [0.5, 0.6) is 0 Å². The summed E-state index contributed by atoms with van der Waals surface area (Å²) in [5.74, 6) is 0.771. The highest BCUT2D eigenvalue weighted by molar-refractivity contribution is 7.18. The second kappa shape index (κ2) is 5.03. The number of anilines is 1. The van der Waals surface area contributed by atoms with Gasteiger partial charge in [0.25, 0.3) is 0 Å². The van der Waals surface area contributed by atoms with E-state index in [1.807, 2.05) is 19.2 Å². The fourth-order valence-electron chi connectivity index (χ4n) is 1.79. The Morgan fingerprint density at radius 3 is 2.84 bits per heavy atom. The predicted molar refractivity (Wildman–Crippen MR) is 81.3 cm³/mol. The molecule has 0 aromatic carbocycles. The minimum atomic E-state index is 0.271. The lowest BCUT2D eigenvalue weighted by molar-refractivity contribution is 1.06. The van der Waals surface area contributed by atoms with Crippen LogP contribution in [0.4, 0.5) is 5.82 Å². The van der Waals surface area contributed by atoms with Crippen LogP contribution >= 0.6 is 34.3 Å². The molecular formula is C12H11ClN4S2. The zero-order chi connectivity index (χ0) is 13.4. The van der Waals surface area contributed by atoms with Gasteiger partial charge in [-0.3, -0.25) is 0 Å². The SMILES string of the molecule is Cc1csc(CNc2nc(Cl)nc3sc(C)cc23)n1. The summed E-state index contributed by atoms with van der Waals surface area (Å²) in [4.78, 5) is 15.0. The van der Waals surface area contributed by atoms with Crippen LogP contribution in [0.15, 0.2) is 11.4 Å². The molecule has 0 bridgehead atoms. The molecule has 0 saturated carbocycles. The summed E-state index contributed by atoms with van der Waals surface area (Å²) in [7, 11) is 0. The zero-order valence-corrected chi connectivity index (χ0v) is 12.8. The van der Waals surface area contributed by atoms with Gasteiger partial charge in [-0.1, -0.05) is 0 Å². The van der Waals surface area contributed by atoms with Gasteiger partial charge < -0.3 is 5.32 Å². The third-order valence-electron chi connectivity index (χ3n) is 2.56. The largest absolute Gasteiger partial charge is 0.363 e. The van der Waals surface area contributed by atoms with Crippen LogP contribution in [0.2, 0.25) is 5.28 Å². The number of thiophene rings is 1. The van der Waals surface area contributed by atoms with E-state index in [0.29, 0.717) is 6.54 Å². The Morgan fingerprint density at radius 2 is 2.11 bits per heavy atom. The number of aromatic nitrogens is 3. The molecule has 0 atom stereocenters. The monoisotopic (exact) mass is 310 g/mol. The molecule has 0 aliphatic heterocycles. The number of thiazole rings is 1. The molecule has 19 heavy (non-hydrogen) atoms. The van der Waals surface area contributed by atoms with Gasteiger partial charge in [0.2, 0.25) is 5.28 Å². The minimum absolute atomic E-state index is 0.271. The summed E-state index contributed by atoms with van der Waals surface area (Å²) in [5.41, 5.74) is 1.04. The molecule has 3 heterocycles. The lowest BCUT2D eigenvalue weighted by Gasteiger charge is -2.04. The van der Waals surface area contributed by atoms with Gasteiger partial charge in [0.15, 0.2) is 0 Å². The van der Waals surface area contributed by atoms with Gasteiger partial charge in [0.1, 0.15) is 15.7 Å². The summed E-state index contributed by atoms with van der Waals surface area (Å²) < 4.78 is 0. The van der Waals surface area contributed by atoms with E-state index in [2.05, 4.69) is 26.3 Å². The number of aryl methyl sites for hydroxylation is 2. The zero-order valence-electron chi connectivity index (χ0n) is 10.4. The average molecular weight is 311 g/mol. The molecule has 3 rings (SSSR count). The van der Waals surface area contributed by atoms with Crippen LogP contribution in [0.3, 0.4) is 0 Å². The van der Waals surface area contributed by atoms with E-state index in [1.165, 1.54) is 4.88 Å². The Kier molecular flexibility index (Phi) is 3.38. The molecule has 0 unspecified atom stereocenters. The maximum absolute atomic E-state index is 5.95. The summed E-state index contributed by atoms with van der Waals surface area (Å²) in [6, 6.07) is 2.08. The van der Waals surface area contributed by atoms with E-state index in [4.69, 9.17) is 11.6 Å². The minimum Gasteiger partial charge on any atom is -0.363 e. The van der Waals surface area contributed by atoms with Crippen LogP contribution in [-0.4, -0.2) is 15.0 Å². The molecule has 7 heteroatoms. The smallest absolute Gasteiger partial charge is 0.225 e. The molecule has 1 N–H and O–H groups in total. The quantitative estimate of drug-likeness (QED) is 0.742. The summed E-state index contributed by atoms with van der Waals surface area (Å²) in [6.07, 6.45) is 0. The lowest BCUT2D eigenvalue weighted by Crippen LogP contribution is -2.02. The van der Waals surface area contributed by atoms with Gasteiger partial charge in [0, 0.05) is 16.0 Å². The second-order valence-corrected chi connectivity index (χ2v) is 6.67. The van der Waals surface area contributed by atoms with Crippen LogP contribution in [-0.2, 0) is 6.54 Å². The molecule has 4 nitrogen and oxygen atoms in total. The number of nitrogens with zero attached hydrogens (tertiary/aromatic N) is 3. The molecule has 0 spiro atoms. The van der Waals surface area contributed by atoms with Gasteiger partial charge in [-0.15, -0.1) is 22.7 Å². The van der Waals surface area contributed by atoms with Crippen molar-refractivity contribution in [3.8, 4) is 0 Å². The molecule has 0 fully saturated rings. The topological polar surface area (TPSA) is 50.7 Å². The van der Waals surface area contributed by atoms with Crippen molar-refractivity contribution in [2.45, 2.75) is 20.4 Å². The fourth-order valence-corrected chi connectivity index (χ4v) is 3.60. The summed E-state index contributed by atoms with van der Waals surface area (Å²) in [5, 5.41) is 7.65. The first-order valence-electron chi connectivity index (χ1n) is 5.70. The first-order valence-corrected chi connectivity index (χ1v) is 7.78. The van der Waals surface area contributed by atoms with Crippen molar-refractivity contribution in [1.29, 1.82) is 0 Å². The van der Waals surface area contributed by atoms with Gasteiger partial charge >= 0.3 is 0 Å². The molecule has 0 aliphatic carbocycles. The van der Waals surface area contributed by atoms with Crippen molar-refractivity contribution in [2.24, 2.45) is 0 Å². The number of hydrogen-bond acceptors (Lipinski definition) is 6. The Morgan fingerprint density at radius 1 is 1.26 bits per heavy atom. The molecule has 3 aromatic rings. The molecular weight excluding hydrogens is 300 g/mol. The third-order valence-corrected chi connectivity index (χ3v) is 4.64. The van der Waals surface area contributed by atoms with Crippen LogP contribution in [0, 0.1) is 13.8 Å². The van der Waals surface area contributed by atoms with Gasteiger partial charge in [-0.25, -0.2) is 15.0 Å². The summed E-state index contributed by atoms with van der Waals surface area (Å²) in [6.45, 7) is 4.69. The number of fused-ring (bicyclic) bond motifs is 1. The lowest BCUT2D eigenvalue weighted by atomic mass is 10.3. The predicted octanol–water partition coefficient (Wildman–Crippen LogP) is 4.03. The van der Waals surface area contributed by atoms with Crippen molar-refractivity contribution in [2.75, 3.05) is 5.32 Å². The van der Waals surface area contributed by atoms with E-state index in [1.54, 1.807) is 22.7 Å². The number of hydrogen-bond donors (Lipinski definition) is 1. The first-order chi connectivity index (χ1) is 9.11. The van der Waals surface area contributed by atoms with Crippen molar-refractivity contribution < 1.29 is 0 Å². The van der Waals surface area contributed by atoms with E-state index >= 15 is 0 Å². The summed E-state index contributed by atoms with van der Waals surface area (Å²) >= 11 is 9.20. The normalized spacial score (nSPS) is 11.1. The molecule has 0 amide bonds. The van der Waals surface area contributed by atoms with Gasteiger partial charge in [-0.2, -0.15) is 0 Å². The Balaban J connectivity index is 1.91. The van der Waals surface area contributed by atoms with Gasteiger partial charge in [0.05, 0.1) is 11.9 Å². The van der Waals surface area contributed by atoms with Crippen molar-refractivity contribution in [3.63, 3.8) is 0 Å². The Hall–Kier alpha value is -1.24. The van der Waals surface area contributed by atoms with E-state index in [0.717, 1.165) is 26.7 Å². The van der Waals surface area contributed by atoms with E-state index < -0.39 is 0 Å². The second-order valence-electron chi connectivity index (χ2n) is 4.15. The highest BCUT2D eigenvalue weighted by Crippen LogP contribution is 2.29.